The molecule has 10 heteroatoms. The first-order valence-electron chi connectivity index (χ1n) is 12.5. The fraction of sp³-hybridized carbons (Fsp3) is 0.310. The third-order valence-electron chi connectivity index (χ3n) is 6.09. The lowest BCUT2D eigenvalue weighted by molar-refractivity contribution is -0.139. The van der Waals surface area contributed by atoms with E-state index in [1.165, 1.54) is 29.2 Å². The highest BCUT2D eigenvalue weighted by atomic mass is 35.5. The Morgan fingerprint density at radius 3 is 2.21 bits per heavy atom. The van der Waals surface area contributed by atoms with Gasteiger partial charge in [-0.15, -0.1) is 0 Å². The van der Waals surface area contributed by atoms with Gasteiger partial charge in [-0.2, -0.15) is 0 Å². The van der Waals surface area contributed by atoms with Crippen LogP contribution in [0, 0.1) is 6.92 Å². The van der Waals surface area contributed by atoms with Crippen LogP contribution in [-0.4, -0.2) is 50.9 Å². The van der Waals surface area contributed by atoms with E-state index in [1.807, 2.05) is 26.8 Å². The van der Waals surface area contributed by atoms with E-state index >= 15 is 0 Å². The molecule has 0 aliphatic rings. The number of anilines is 1. The van der Waals surface area contributed by atoms with Crippen LogP contribution in [0.4, 0.5) is 5.69 Å². The van der Waals surface area contributed by atoms with Crippen molar-refractivity contribution < 1.29 is 22.7 Å². The first-order valence-corrected chi connectivity index (χ1v) is 14.3. The van der Waals surface area contributed by atoms with Crippen molar-refractivity contribution in [1.82, 2.24) is 10.2 Å². The van der Waals surface area contributed by atoms with Crippen LogP contribution >= 0.6 is 11.6 Å². The number of hydrogen-bond acceptors (Lipinski definition) is 5. The molecular weight excluding hydrogens is 538 g/mol. The number of halogens is 1. The summed E-state index contributed by atoms with van der Waals surface area (Å²) in [5, 5.41) is 3.23. The third-order valence-corrected chi connectivity index (χ3v) is 8.13. The average molecular weight is 572 g/mol. The van der Waals surface area contributed by atoms with Gasteiger partial charge in [0.15, 0.2) is 0 Å². The maximum atomic E-state index is 13.9. The second-order valence-electron chi connectivity index (χ2n) is 9.51. The van der Waals surface area contributed by atoms with Gasteiger partial charge in [0.25, 0.3) is 10.0 Å². The van der Waals surface area contributed by atoms with Crippen molar-refractivity contribution in [3.63, 3.8) is 0 Å². The zero-order chi connectivity index (χ0) is 28.7. The monoisotopic (exact) mass is 571 g/mol. The minimum atomic E-state index is -4.15. The van der Waals surface area contributed by atoms with Crippen molar-refractivity contribution in [2.24, 2.45) is 0 Å². The molecule has 2 amide bonds. The SMILES string of the molecule is COc1cccc(CN(C(=O)CN(c2ccc(C)cc2)S(=O)(=O)c2ccc(Cl)cc2)[C@@H](C)C(=O)NC(C)C)c1. The minimum Gasteiger partial charge on any atom is -0.497 e. The normalized spacial score (nSPS) is 12.1. The maximum Gasteiger partial charge on any atom is 0.264 e. The minimum absolute atomic E-state index is 0.00906. The molecule has 0 spiro atoms. The van der Waals surface area contributed by atoms with E-state index in [0.717, 1.165) is 15.4 Å². The van der Waals surface area contributed by atoms with Gasteiger partial charge in [0, 0.05) is 17.6 Å². The molecule has 208 valence electrons. The summed E-state index contributed by atoms with van der Waals surface area (Å²) in [7, 11) is -2.61. The number of carbonyl (C=O) groups is 2. The molecule has 3 aromatic rings. The first kappa shape index (κ1) is 30.0. The highest BCUT2D eigenvalue weighted by Gasteiger charge is 2.32. The number of nitrogens with one attached hydrogen (secondary N) is 1. The molecule has 3 aromatic carbocycles. The lowest BCUT2D eigenvalue weighted by atomic mass is 10.1. The van der Waals surface area contributed by atoms with Crippen LogP contribution in [0.15, 0.2) is 77.7 Å². The summed E-state index contributed by atoms with van der Waals surface area (Å²) in [6.07, 6.45) is 0. The number of hydrogen-bond donors (Lipinski definition) is 1. The summed E-state index contributed by atoms with van der Waals surface area (Å²) in [5.41, 5.74) is 1.99. The Bertz CT molecular complexity index is 1390. The van der Waals surface area contributed by atoms with Crippen molar-refractivity contribution in [3.05, 3.63) is 88.9 Å². The molecular formula is C29H34ClN3O5S. The molecule has 0 saturated heterocycles. The smallest absolute Gasteiger partial charge is 0.264 e. The van der Waals surface area contributed by atoms with E-state index in [4.69, 9.17) is 16.3 Å². The number of amides is 2. The summed E-state index contributed by atoms with van der Waals surface area (Å²) < 4.78 is 34.0. The third kappa shape index (κ3) is 7.74. The van der Waals surface area contributed by atoms with E-state index < -0.39 is 28.5 Å². The predicted molar refractivity (Wildman–Crippen MR) is 153 cm³/mol. The van der Waals surface area contributed by atoms with Crippen molar-refractivity contribution in [1.29, 1.82) is 0 Å². The molecule has 0 unspecified atom stereocenters. The Morgan fingerprint density at radius 1 is 0.974 bits per heavy atom. The van der Waals surface area contributed by atoms with Gasteiger partial charge in [-0.1, -0.05) is 41.4 Å². The van der Waals surface area contributed by atoms with Gasteiger partial charge in [-0.05, 0) is 81.8 Å². The second kappa shape index (κ2) is 13.0. The molecule has 0 saturated carbocycles. The van der Waals surface area contributed by atoms with Crippen LogP contribution in [0.1, 0.15) is 31.9 Å². The zero-order valence-electron chi connectivity index (χ0n) is 22.7. The quantitative estimate of drug-likeness (QED) is 0.357. The molecule has 1 N–H and O–H groups in total. The molecule has 0 heterocycles. The molecule has 0 bridgehead atoms. The molecule has 8 nitrogen and oxygen atoms in total. The van der Waals surface area contributed by atoms with E-state index in [-0.39, 0.29) is 23.4 Å². The van der Waals surface area contributed by atoms with Crippen LogP contribution in [0.25, 0.3) is 0 Å². The summed E-state index contributed by atoms with van der Waals surface area (Å²) >= 11 is 5.98. The highest BCUT2D eigenvalue weighted by molar-refractivity contribution is 7.92. The first-order chi connectivity index (χ1) is 18.4. The lowest BCUT2D eigenvalue weighted by Gasteiger charge is -2.32. The van der Waals surface area contributed by atoms with Crippen molar-refractivity contribution >= 4 is 39.1 Å². The van der Waals surface area contributed by atoms with E-state index in [0.29, 0.717) is 16.5 Å². The molecule has 3 rings (SSSR count). The number of rotatable bonds is 11. The topological polar surface area (TPSA) is 96.0 Å². The van der Waals surface area contributed by atoms with Crippen LogP contribution in [0.5, 0.6) is 5.75 Å². The Hall–Kier alpha value is -3.56. The van der Waals surface area contributed by atoms with Gasteiger partial charge in [0.2, 0.25) is 11.8 Å². The highest BCUT2D eigenvalue weighted by Crippen LogP contribution is 2.26. The molecule has 0 aromatic heterocycles. The van der Waals surface area contributed by atoms with Crippen LogP contribution in [-0.2, 0) is 26.2 Å². The van der Waals surface area contributed by atoms with E-state index in [2.05, 4.69) is 5.32 Å². The Kier molecular flexibility index (Phi) is 9.99. The molecule has 0 fully saturated rings. The fourth-order valence-electron chi connectivity index (χ4n) is 3.93. The molecule has 1 atom stereocenters. The van der Waals surface area contributed by atoms with E-state index in [9.17, 15) is 18.0 Å². The van der Waals surface area contributed by atoms with Crippen molar-refractivity contribution in [2.45, 2.75) is 51.2 Å². The number of sulfonamides is 1. The second-order valence-corrected chi connectivity index (χ2v) is 11.8. The predicted octanol–water partition coefficient (Wildman–Crippen LogP) is 4.79. The van der Waals surface area contributed by atoms with Crippen LogP contribution < -0.4 is 14.4 Å². The Morgan fingerprint density at radius 2 is 1.62 bits per heavy atom. The van der Waals surface area contributed by atoms with Gasteiger partial charge in [-0.25, -0.2) is 8.42 Å². The number of aryl methyl sites for hydroxylation is 1. The van der Waals surface area contributed by atoms with E-state index in [1.54, 1.807) is 56.5 Å². The summed E-state index contributed by atoms with van der Waals surface area (Å²) in [6, 6.07) is 18.8. The molecule has 0 aliphatic heterocycles. The van der Waals surface area contributed by atoms with Gasteiger partial charge < -0.3 is 15.0 Å². The van der Waals surface area contributed by atoms with Crippen LogP contribution in [0.3, 0.4) is 0 Å². The standard InChI is InChI=1S/C29H34ClN3O5S/c1-20(2)31-29(35)22(4)32(18-23-7-6-8-26(17-23)38-5)28(34)19-33(25-13-9-21(3)10-14-25)39(36,37)27-15-11-24(30)12-16-27/h6-17,20,22H,18-19H2,1-5H3,(H,31,35)/t22-/m0/s1. The Labute approximate surface area is 235 Å². The van der Waals surface area contributed by atoms with Gasteiger partial charge in [0.1, 0.15) is 18.3 Å². The zero-order valence-corrected chi connectivity index (χ0v) is 24.3. The number of nitrogens with zero attached hydrogens (tertiary/aromatic N) is 2. The van der Waals surface area contributed by atoms with Crippen molar-refractivity contribution in [3.8, 4) is 5.75 Å². The lowest BCUT2D eigenvalue weighted by Crippen LogP contribution is -2.52. The number of carbonyl (C=O) groups excluding carboxylic acids is 2. The molecule has 0 radical (unpaired) electrons. The Balaban J connectivity index is 2.03. The summed E-state index contributed by atoms with van der Waals surface area (Å²) in [6.45, 7) is 6.73. The average Bonchev–Trinajstić information content (AvgIpc) is 2.90. The molecule has 39 heavy (non-hydrogen) atoms. The van der Waals surface area contributed by atoms with Gasteiger partial charge in [0.05, 0.1) is 17.7 Å². The largest absolute Gasteiger partial charge is 0.497 e. The van der Waals surface area contributed by atoms with Crippen molar-refractivity contribution in [2.75, 3.05) is 18.0 Å². The molecule has 0 aliphatic carbocycles. The van der Waals surface area contributed by atoms with Gasteiger partial charge >= 0.3 is 0 Å². The summed E-state index contributed by atoms with van der Waals surface area (Å²) in [5.74, 6) is -0.281. The maximum absolute atomic E-state index is 13.9. The fourth-order valence-corrected chi connectivity index (χ4v) is 5.47. The summed E-state index contributed by atoms with van der Waals surface area (Å²) in [4.78, 5) is 28.3. The number of ether oxygens (including phenoxy) is 1. The number of benzene rings is 3. The number of methoxy groups -OCH3 is 1. The van der Waals surface area contributed by atoms with Crippen LogP contribution in [0.2, 0.25) is 5.02 Å². The van der Waals surface area contributed by atoms with Gasteiger partial charge in [-0.3, -0.25) is 13.9 Å².